The van der Waals surface area contributed by atoms with Gasteiger partial charge in [0.15, 0.2) is 0 Å². The summed E-state index contributed by atoms with van der Waals surface area (Å²) in [4.78, 5) is 0. The van der Waals surface area contributed by atoms with Crippen molar-refractivity contribution in [3.63, 3.8) is 0 Å². The van der Waals surface area contributed by atoms with Crippen LogP contribution < -0.4 is 0 Å². The Bertz CT molecular complexity index is 2340. The van der Waals surface area contributed by atoms with E-state index in [1.54, 1.807) is 0 Å². The number of rotatable bonds is 0. The van der Waals surface area contributed by atoms with Gasteiger partial charge in [-0.15, -0.1) is 0 Å². The van der Waals surface area contributed by atoms with Crippen LogP contribution in [0.4, 0.5) is 0 Å². The normalized spacial score (nSPS) is 13.5. The van der Waals surface area contributed by atoms with Crippen LogP contribution in [0.3, 0.4) is 0 Å². The van der Waals surface area contributed by atoms with Crippen molar-refractivity contribution in [3.05, 3.63) is 108 Å². The van der Waals surface area contributed by atoms with Crippen LogP contribution in [0.25, 0.3) is 86.2 Å². The molecule has 9 aromatic carbocycles. The fraction of sp³-hybridized carbons (Fsp3) is 0.190. The summed E-state index contributed by atoms with van der Waals surface area (Å²) in [5.41, 5.74) is 3.00. The number of hydrogen-bond donors (Lipinski definition) is 0. The van der Waals surface area contributed by atoms with E-state index in [1.807, 2.05) is 0 Å². The summed E-state index contributed by atoms with van der Waals surface area (Å²) in [6.45, 7) is 13.8. The standard InChI is InChI=1S/C42H34/c1-41(2,3)31-19-27-11-9-23-17-25-7-8-26-18-24-10-12-28-20-32(42(4,5)6)22-30-14-16-34(38(24)36(28)30)40(26)39(25)33-15-13-29(21-31)35(27)37(23)33/h7-22H,1-6H3. The van der Waals surface area contributed by atoms with Gasteiger partial charge in [-0.3, -0.25) is 0 Å². The van der Waals surface area contributed by atoms with E-state index in [9.17, 15) is 0 Å². The van der Waals surface area contributed by atoms with Gasteiger partial charge in [0, 0.05) is 0 Å². The van der Waals surface area contributed by atoms with E-state index < -0.39 is 0 Å². The largest absolute Gasteiger partial charge is 0.0561 e. The molecular formula is C42H34. The average molecular weight is 539 g/mol. The summed E-state index contributed by atoms with van der Waals surface area (Å²) in [6.07, 6.45) is 0. The van der Waals surface area contributed by atoms with Gasteiger partial charge < -0.3 is 0 Å². The second-order valence-corrected chi connectivity index (χ2v) is 14.7. The first-order valence-electron chi connectivity index (χ1n) is 15.3. The second kappa shape index (κ2) is 7.69. The van der Waals surface area contributed by atoms with Crippen LogP contribution in [0.5, 0.6) is 0 Å². The molecule has 0 fully saturated rings. The van der Waals surface area contributed by atoms with Crippen molar-refractivity contribution in [2.24, 2.45) is 0 Å². The van der Waals surface area contributed by atoms with E-state index >= 15 is 0 Å². The van der Waals surface area contributed by atoms with Crippen LogP contribution in [0.1, 0.15) is 52.7 Å². The zero-order valence-electron chi connectivity index (χ0n) is 25.2. The van der Waals surface area contributed by atoms with Crippen LogP contribution in [0.2, 0.25) is 0 Å². The van der Waals surface area contributed by atoms with Gasteiger partial charge in [-0.2, -0.15) is 0 Å². The Morgan fingerprint density at radius 1 is 0.286 bits per heavy atom. The molecule has 0 bridgehead atoms. The number of fused-ring (bicyclic) bond motifs is 5. The molecule has 42 heavy (non-hydrogen) atoms. The minimum Gasteiger partial charge on any atom is -0.0561 e. The summed E-state index contributed by atoms with van der Waals surface area (Å²) >= 11 is 0. The molecule has 202 valence electrons. The van der Waals surface area contributed by atoms with Crippen molar-refractivity contribution in [1.82, 2.24) is 0 Å². The van der Waals surface area contributed by atoms with Gasteiger partial charge in [-0.05, 0) is 120 Å². The second-order valence-electron chi connectivity index (χ2n) is 14.7. The molecule has 9 rings (SSSR count). The Hall–Kier alpha value is -4.42. The number of benzene rings is 9. The van der Waals surface area contributed by atoms with Gasteiger partial charge in [0.2, 0.25) is 0 Å². The van der Waals surface area contributed by atoms with Crippen molar-refractivity contribution in [2.45, 2.75) is 52.4 Å². The smallest absolute Gasteiger partial charge is 0.00199 e. The van der Waals surface area contributed by atoms with Gasteiger partial charge in [0.1, 0.15) is 0 Å². The zero-order valence-corrected chi connectivity index (χ0v) is 25.2. The lowest BCUT2D eigenvalue weighted by Gasteiger charge is -2.23. The average Bonchev–Trinajstić information content (AvgIpc) is 2.96. The van der Waals surface area contributed by atoms with E-state index in [0.29, 0.717) is 0 Å². The molecule has 9 aromatic rings. The lowest BCUT2D eigenvalue weighted by Crippen LogP contribution is -2.10. The Kier molecular flexibility index (Phi) is 4.43. The maximum Gasteiger partial charge on any atom is -0.00199 e. The van der Waals surface area contributed by atoms with Crippen LogP contribution in [0, 0.1) is 0 Å². The molecule has 0 saturated heterocycles. The molecular weight excluding hydrogens is 504 g/mol. The third-order valence-electron chi connectivity index (χ3n) is 9.92. The minimum atomic E-state index is 0.110. The first kappa shape index (κ1) is 24.2. The monoisotopic (exact) mass is 538 g/mol. The SMILES string of the molecule is CC(C)(C)c1cc2ccc3cc4ccc5cc6ccc7cc(C(C)(C)C)cc8ccc(c6c78)c5c4c4ccc(c1)c2c34. The third-order valence-corrected chi connectivity index (χ3v) is 9.92. The predicted octanol–water partition coefficient (Wildman–Crippen LogP) is 12.4. The third kappa shape index (κ3) is 3.13. The van der Waals surface area contributed by atoms with Crippen molar-refractivity contribution in [2.75, 3.05) is 0 Å². The molecule has 0 atom stereocenters. The van der Waals surface area contributed by atoms with E-state index in [1.165, 1.54) is 97.3 Å². The fourth-order valence-corrected chi connectivity index (χ4v) is 7.70. The van der Waals surface area contributed by atoms with Crippen molar-refractivity contribution < 1.29 is 0 Å². The van der Waals surface area contributed by atoms with Gasteiger partial charge in [0.25, 0.3) is 0 Å². The summed E-state index contributed by atoms with van der Waals surface area (Å²) in [5, 5.41) is 21.7. The number of hydrogen-bond acceptors (Lipinski definition) is 0. The molecule has 0 heteroatoms. The summed E-state index contributed by atoms with van der Waals surface area (Å²) in [7, 11) is 0. The Balaban J connectivity index is 1.47. The molecule has 0 aliphatic carbocycles. The molecule has 0 aliphatic heterocycles. The lowest BCUT2D eigenvalue weighted by atomic mass is 9.81. The zero-order chi connectivity index (χ0) is 28.7. The lowest BCUT2D eigenvalue weighted by molar-refractivity contribution is 0.591. The molecule has 0 nitrogen and oxygen atoms in total. The highest BCUT2D eigenvalue weighted by atomic mass is 14.2. The maximum absolute atomic E-state index is 2.42. The predicted molar refractivity (Wildman–Crippen MR) is 186 cm³/mol. The molecule has 0 heterocycles. The molecule has 0 N–H and O–H groups in total. The van der Waals surface area contributed by atoms with Gasteiger partial charge in [0.05, 0.1) is 0 Å². The van der Waals surface area contributed by atoms with E-state index in [2.05, 4.69) is 139 Å². The summed E-state index contributed by atoms with van der Waals surface area (Å²) in [6, 6.07) is 38.0. The summed E-state index contributed by atoms with van der Waals surface area (Å²) in [5.74, 6) is 0. The van der Waals surface area contributed by atoms with E-state index in [4.69, 9.17) is 0 Å². The highest BCUT2D eigenvalue weighted by molar-refractivity contribution is 6.38. The molecule has 0 unspecified atom stereocenters. The molecule has 0 spiro atoms. The van der Waals surface area contributed by atoms with E-state index in [0.717, 1.165) is 0 Å². The van der Waals surface area contributed by atoms with Crippen molar-refractivity contribution in [3.8, 4) is 0 Å². The van der Waals surface area contributed by atoms with E-state index in [-0.39, 0.29) is 10.8 Å². The highest BCUT2D eigenvalue weighted by Crippen LogP contribution is 2.46. The molecule has 0 amide bonds. The van der Waals surface area contributed by atoms with Crippen LogP contribution >= 0.6 is 0 Å². The molecule has 0 saturated carbocycles. The van der Waals surface area contributed by atoms with Gasteiger partial charge in [-0.25, -0.2) is 0 Å². The minimum absolute atomic E-state index is 0.110. The quantitative estimate of drug-likeness (QED) is 0.133. The fourth-order valence-electron chi connectivity index (χ4n) is 7.70. The molecule has 0 radical (unpaired) electrons. The highest BCUT2D eigenvalue weighted by Gasteiger charge is 2.21. The topological polar surface area (TPSA) is 0 Å². The van der Waals surface area contributed by atoms with Crippen LogP contribution in [0.15, 0.2) is 97.1 Å². The molecule has 0 aliphatic rings. The van der Waals surface area contributed by atoms with Gasteiger partial charge >= 0.3 is 0 Å². The van der Waals surface area contributed by atoms with Crippen molar-refractivity contribution >= 4 is 86.2 Å². The molecule has 0 aromatic heterocycles. The van der Waals surface area contributed by atoms with Gasteiger partial charge in [-0.1, -0.05) is 126 Å². The van der Waals surface area contributed by atoms with Crippen molar-refractivity contribution in [1.29, 1.82) is 0 Å². The first-order valence-corrected chi connectivity index (χ1v) is 15.3. The maximum atomic E-state index is 2.42. The Labute approximate surface area is 246 Å². The Morgan fingerprint density at radius 3 is 0.810 bits per heavy atom. The van der Waals surface area contributed by atoms with Crippen LogP contribution in [-0.4, -0.2) is 0 Å². The first-order chi connectivity index (χ1) is 20.1. The Morgan fingerprint density at radius 2 is 0.524 bits per heavy atom. The van der Waals surface area contributed by atoms with Crippen LogP contribution in [-0.2, 0) is 10.8 Å². The summed E-state index contributed by atoms with van der Waals surface area (Å²) < 4.78 is 0.